The van der Waals surface area contributed by atoms with E-state index in [0.29, 0.717) is 0 Å². The topological polar surface area (TPSA) is 12.0 Å². The van der Waals surface area contributed by atoms with Crippen LogP contribution in [0, 0.1) is 0 Å². The molecule has 1 N–H and O–H groups in total. The van der Waals surface area contributed by atoms with Gasteiger partial charge in [0.15, 0.2) is 0 Å². The number of fused-ring (bicyclic) bond motifs is 1. The van der Waals surface area contributed by atoms with E-state index in [2.05, 4.69) is 41.2 Å². The molecule has 0 aliphatic carbocycles. The third kappa shape index (κ3) is 1.73. The number of thiophene rings is 2. The molecule has 0 amide bonds. The number of nitrogens with one attached hydrogen (secondary N) is 1. The molecule has 1 nitrogen and oxygen atoms in total. The molecule has 0 bridgehead atoms. The van der Waals surface area contributed by atoms with Crippen LogP contribution in [0.4, 0.5) is 0 Å². The minimum atomic E-state index is 0.145. The van der Waals surface area contributed by atoms with Gasteiger partial charge in [-0.25, -0.2) is 0 Å². The summed E-state index contributed by atoms with van der Waals surface area (Å²) in [5.74, 6) is 0. The fourth-order valence-electron chi connectivity index (χ4n) is 2.47. The van der Waals surface area contributed by atoms with E-state index in [1.165, 1.54) is 16.2 Å². The molecule has 3 rings (SSSR count). The second kappa shape index (κ2) is 3.99. The molecule has 3 heteroatoms. The first-order valence-electron chi connectivity index (χ1n) is 5.62. The van der Waals surface area contributed by atoms with Crippen molar-refractivity contribution in [3.05, 3.63) is 44.3 Å². The first-order chi connectivity index (χ1) is 7.78. The quantitative estimate of drug-likeness (QED) is 0.860. The molecule has 16 heavy (non-hydrogen) atoms. The van der Waals surface area contributed by atoms with Gasteiger partial charge in [-0.05, 0) is 41.8 Å². The van der Waals surface area contributed by atoms with Crippen molar-refractivity contribution in [2.75, 3.05) is 6.54 Å². The van der Waals surface area contributed by atoms with Gasteiger partial charge in [-0.3, -0.25) is 0 Å². The highest BCUT2D eigenvalue weighted by Gasteiger charge is 2.33. The van der Waals surface area contributed by atoms with Crippen LogP contribution >= 0.6 is 22.7 Å². The maximum absolute atomic E-state index is 3.69. The van der Waals surface area contributed by atoms with E-state index in [4.69, 9.17) is 0 Å². The summed E-state index contributed by atoms with van der Waals surface area (Å²) in [6, 6.07) is 6.66. The summed E-state index contributed by atoms with van der Waals surface area (Å²) in [5.41, 5.74) is 1.69. The largest absolute Gasteiger partial charge is 0.306 e. The normalized spacial score (nSPS) is 24.3. The van der Waals surface area contributed by atoms with Crippen molar-refractivity contribution in [3.63, 3.8) is 0 Å². The Hall–Kier alpha value is -0.640. The van der Waals surface area contributed by atoms with Gasteiger partial charge in [0.1, 0.15) is 0 Å². The van der Waals surface area contributed by atoms with Gasteiger partial charge in [-0.1, -0.05) is 6.07 Å². The molecule has 0 saturated carbocycles. The summed E-state index contributed by atoms with van der Waals surface area (Å²) in [4.78, 5) is 3.00. The van der Waals surface area contributed by atoms with E-state index in [1.807, 2.05) is 22.7 Å². The van der Waals surface area contributed by atoms with Crippen LogP contribution in [0.1, 0.15) is 22.2 Å². The van der Waals surface area contributed by atoms with Crippen molar-refractivity contribution in [3.8, 4) is 0 Å². The third-order valence-corrected chi connectivity index (χ3v) is 5.36. The molecule has 1 atom stereocenters. The predicted molar refractivity (Wildman–Crippen MR) is 71.4 cm³/mol. The Morgan fingerprint density at radius 1 is 1.31 bits per heavy atom. The monoisotopic (exact) mass is 249 g/mol. The average molecular weight is 249 g/mol. The van der Waals surface area contributed by atoms with Gasteiger partial charge in [0.25, 0.3) is 0 Å². The number of hydrogen-bond donors (Lipinski definition) is 1. The summed E-state index contributed by atoms with van der Waals surface area (Å²) in [6.07, 6.45) is 2.29. The van der Waals surface area contributed by atoms with E-state index in [0.717, 1.165) is 13.0 Å². The lowest BCUT2D eigenvalue weighted by Crippen LogP contribution is -2.45. The highest BCUT2D eigenvalue weighted by Crippen LogP contribution is 2.36. The summed E-state index contributed by atoms with van der Waals surface area (Å²) in [5, 5.41) is 8.08. The minimum absolute atomic E-state index is 0.145. The zero-order valence-corrected chi connectivity index (χ0v) is 11.0. The molecule has 1 unspecified atom stereocenters. The molecule has 0 aromatic carbocycles. The molecule has 0 spiro atoms. The highest BCUT2D eigenvalue weighted by atomic mass is 32.1. The molecule has 3 heterocycles. The summed E-state index contributed by atoms with van der Waals surface area (Å²) < 4.78 is 0. The van der Waals surface area contributed by atoms with Gasteiger partial charge in [0.05, 0.1) is 5.54 Å². The Kier molecular flexibility index (Phi) is 2.62. The maximum Gasteiger partial charge on any atom is 0.0551 e. The van der Waals surface area contributed by atoms with Crippen LogP contribution in [-0.4, -0.2) is 6.54 Å². The van der Waals surface area contributed by atoms with Gasteiger partial charge < -0.3 is 5.32 Å². The van der Waals surface area contributed by atoms with Gasteiger partial charge in [0.2, 0.25) is 0 Å². The molecular weight excluding hydrogens is 234 g/mol. The first kappa shape index (κ1) is 10.5. The SMILES string of the molecule is CC1(Cc2cccs2)NCCc2ccsc21. The molecule has 1 aliphatic rings. The lowest BCUT2D eigenvalue weighted by atomic mass is 9.88. The Labute approximate surface area is 104 Å². The minimum Gasteiger partial charge on any atom is -0.306 e. The Bertz CT molecular complexity index is 472. The van der Waals surface area contributed by atoms with E-state index >= 15 is 0 Å². The van der Waals surface area contributed by atoms with Crippen LogP contribution in [0.5, 0.6) is 0 Å². The molecule has 0 saturated heterocycles. The average Bonchev–Trinajstić information content (AvgIpc) is 2.88. The van der Waals surface area contributed by atoms with Crippen molar-refractivity contribution in [2.45, 2.75) is 25.3 Å². The second-order valence-corrected chi connectivity index (χ2v) is 6.49. The number of hydrogen-bond acceptors (Lipinski definition) is 3. The maximum atomic E-state index is 3.69. The summed E-state index contributed by atoms with van der Waals surface area (Å²) in [7, 11) is 0. The van der Waals surface area contributed by atoms with Gasteiger partial charge in [0, 0.05) is 22.7 Å². The molecular formula is C13H15NS2. The van der Waals surface area contributed by atoms with Gasteiger partial charge in [-0.2, -0.15) is 0 Å². The highest BCUT2D eigenvalue weighted by molar-refractivity contribution is 7.10. The van der Waals surface area contributed by atoms with E-state index in [1.54, 1.807) is 5.56 Å². The smallest absolute Gasteiger partial charge is 0.0551 e. The Balaban J connectivity index is 1.95. The van der Waals surface area contributed by atoms with Crippen LogP contribution in [-0.2, 0) is 18.4 Å². The van der Waals surface area contributed by atoms with Gasteiger partial charge >= 0.3 is 0 Å². The fraction of sp³-hybridized carbons (Fsp3) is 0.385. The Morgan fingerprint density at radius 2 is 2.25 bits per heavy atom. The van der Waals surface area contributed by atoms with Crippen molar-refractivity contribution >= 4 is 22.7 Å². The Morgan fingerprint density at radius 3 is 3.06 bits per heavy atom. The lowest BCUT2D eigenvalue weighted by Gasteiger charge is -2.34. The number of rotatable bonds is 2. The van der Waals surface area contributed by atoms with Crippen molar-refractivity contribution in [2.24, 2.45) is 0 Å². The summed E-state index contributed by atoms with van der Waals surface area (Å²) >= 11 is 3.75. The molecule has 0 radical (unpaired) electrons. The second-order valence-electron chi connectivity index (χ2n) is 4.54. The van der Waals surface area contributed by atoms with Crippen LogP contribution in [0.15, 0.2) is 29.0 Å². The van der Waals surface area contributed by atoms with Crippen molar-refractivity contribution < 1.29 is 0 Å². The molecule has 84 valence electrons. The standard InChI is InChI=1S/C13H15NS2/c1-13(9-11-3-2-7-15-11)12-10(4-6-14-13)5-8-16-12/h2-3,5,7-8,14H,4,6,9H2,1H3. The van der Waals surface area contributed by atoms with E-state index in [-0.39, 0.29) is 5.54 Å². The van der Waals surface area contributed by atoms with E-state index < -0.39 is 0 Å². The predicted octanol–water partition coefficient (Wildman–Crippen LogP) is 3.41. The molecule has 2 aromatic rings. The molecule has 0 fully saturated rings. The lowest BCUT2D eigenvalue weighted by molar-refractivity contribution is 0.355. The zero-order valence-electron chi connectivity index (χ0n) is 9.32. The van der Waals surface area contributed by atoms with Crippen LogP contribution < -0.4 is 5.32 Å². The van der Waals surface area contributed by atoms with Crippen molar-refractivity contribution in [1.82, 2.24) is 5.32 Å². The van der Waals surface area contributed by atoms with Crippen molar-refractivity contribution in [1.29, 1.82) is 0 Å². The molecule has 2 aromatic heterocycles. The molecule has 1 aliphatic heterocycles. The first-order valence-corrected chi connectivity index (χ1v) is 7.38. The zero-order chi connectivity index (χ0) is 11.0. The van der Waals surface area contributed by atoms with Crippen LogP contribution in [0.3, 0.4) is 0 Å². The van der Waals surface area contributed by atoms with Gasteiger partial charge in [-0.15, -0.1) is 22.7 Å². The summed E-state index contributed by atoms with van der Waals surface area (Å²) in [6.45, 7) is 3.44. The van der Waals surface area contributed by atoms with Crippen LogP contribution in [0.25, 0.3) is 0 Å². The van der Waals surface area contributed by atoms with E-state index in [9.17, 15) is 0 Å². The fourth-order valence-corrected chi connectivity index (χ4v) is 4.43. The van der Waals surface area contributed by atoms with Crippen LogP contribution in [0.2, 0.25) is 0 Å². The third-order valence-electron chi connectivity index (χ3n) is 3.27.